The van der Waals surface area contributed by atoms with Crippen LogP contribution < -0.4 is 10.1 Å². The Kier molecular flexibility index (Phi) is 6.94. The fraction of sp³-hybridized carbons (Fsp3) is 0.667. The van der Waals surface area contributed by atoms with Crippen LogP contribution in [0.4, 0.5) is 0 Å². The highest BCUT2D eigenvalue weighted by molar-refractivity contribution is 5.24. The molecular weight excluding hydrogens is 392 g/mol. The van der Waals surface area contributed by atoms with Gasteiger partial charge < -0.3 is 29.3 Å². The van der Waals surface area contributed by atoms with Crippen LogP contribution in [0.25, 0.3) is 0 Å². The van der Waals surface area contributed by atoms with Gasteiger partial charge in [0.05, 0.1) is 24.6 Å². The molecule has 170 valence electrons. The van der Waals surface area contributed by atoms with Crippen molar-refractivity contribution in [1.82, 2.24) is 20.0 Å². The average Bonchev–Trinajstić information content (AvgIpc) is 3.58. The average molecular weight is 429 g/mol. The van der Waals surface area contributed by atoms with Crippen LogP contribution in [0, 0.1) is 0 Å². The molecule has 3 saturated heterocycles. The molecule has 7 nitrogen and oxygen atoms in total. The number of rotatable bonds is 8. The third-order valence-corrected chi connectivity index (χ3v) is 6.67. The number of hydrogen-bond donors (Lipinski definition) is 1. The predicted molar refractivity (Wildman–Crippen MR) is 120 cm³/mol. The molecule has 0 saturated carbocycles. The van der Waals surface area contributed by atoms with Crippen LogP contribution in [-0.2, 0) is 9.47 Å². The smallest absolute Gasteiger partial charge is 0.195 e. The molecule has 1 N–H and O–H groups in total. The van der Waals surface area contributed by atoms with E-state index in [-0.39, 0.29) is 6.23 Å². The standard InChI is InChI=1S/C24H36N4O3/c1-2-6-20(7-3-1)31-24(27-12-10-25-11-13-27)23-18-26(16-21-8-4-14-29-21)19-28(23)17-22-9-5-15-30-22/h1-3,6-7,18,21-22,24-25H,4-5,8-17,19H2. The van der Waals surface area contributed by atoms with Crippen molar-refractivity contribution in [2.75, 3.05) is 59.2 Å². The van der Waals surface area contributed by atoms with E-state index in [4.69, 9.17) is 14.2 Å². The molecule has 0 aromatic heterocycles. The van der Waals surface area contributed by atoms with Gasteiger partial charge in [-0.05, 0) is 37.8 Å². The van der Waals surface area contributed by atoms with Crippen molar-refractivity contribution in [2.45, 2.75) is 44.1 Å². The zero-order chi connectivity index (χ0) is 20.9. The molecule has 3 unspecified atom stereocenters. The molecule has 4 aliphatic heterocycles. The van der Waals surface area contributed by atoms with Crippen LogP contribution in [0.3, 0.4) is 0 Å². The number of hydrogen-bond acceptors (Lipinski definition) is 7. The first-order chi connectivity index (χ1) is 15.3. The second-order valence-corrected chi connectivity index (χ2v) is 9.03. The molecule has 0 aliphatic carbocycles. The quantitative estimate of drug-likeness (QED) is 0.680. The Balaban J connectivity index is 1.38. The monoisotopic (exact) mass is 428 g/mol. The minimum Gasteiger partial charge on any atom is -0.469 e. The Morgan fingerprint density at radius 3 is 2.35 bits per heavy atom. The van der Waals surface area contributed by atoms with Crippen molar-refractivity contribution in [1.29, 1.82) is 0 Å². The van der Waals surface area contributed by atoms with Crippen molar-refractivity contribution in [2.24, 2.45) is 0 Å². The summed E-state index contributed by atoms with van der Waals surface area (Å²) in [6.45, 7) is 8.49. The number of benzene rings is 1. The molecular formula is C24H36N4O3. The fourth-order valence-corrected chi connectivity index (χ4v) is 5.05. The van der Waals surface area contributed by atoms with Gasteiger partial charge in [0, 0.05) is 58.7 Å². The van der Waals surface area contributed by atoms with Gasteiger partial charge in [-0.2, -0.15) is 0 Å². The summed E-state index contributed by atoms with van der Waals surface area (Å²) in [4.78, 5) is 7.37. The largest absolute Gasteiger partial charge is 0.469 e. The lowest BCUT2D eigenvalue weighted by Crippen LogP contribution is -2.53. The Hall–Kier alpha value is -1.80. The van der Waals surface area contributed by atoms with Gasteiger partial charge in [0.2, 0.25) is 0 Å². The lowest BCUT2D eigenvalue weighted by molar-refractivity contribution is 0.0126. The van der Waals surface area contributed by atoms with E-state index in [2.05, 4.69) is 38.3 Å². The lowest BCUT2D eigenvalue weighted by atomic mass is 10.2. The first kappa shape index (κ1) is 21.1. The van der Waals surface area contributed by atoms with Gasteiger partial charge in [0.1, 0.15) is 5.75 Å². The van der Waals surface area contributed by atoms with Crippen molar-refractivity contribution >= 4 is 0 Å². The third kappa shape index (κ3) is 5.34. The highest BCUT2D eigenvalue weighted by Crippen LogP contribution is 2.29. The number of nitrogens with zero attached hydrogens (tertiary/aromatic N) is 3. The van der Waals surface area contributed by atoms with Gasteiger partial charge in [-0.25, -0.2) is 0 Å². The molecule has 5 rings (SSSR count). The van der Waals surface area contributed by atoms with Gasteiger partial charge in [-0.15, -0.1) is 0 Å². The van der Waals surface area contributed by atoms with Crippen molar-refractivity contribution in [3.63, 3.8) is 0 Å². The summed E-state index contributed by atoms with van der Waals surface area (Å²) in [6, 6.07) is 10.2. The number of para-hydroxylation sites is 1. The van der Waals surface area contributed by atoms with Crippen LogP contribution in [-0.4, -0.2) is 92.3 Å². The molecule has 4 aliphatic rings. The van der Waals surface area contributed by atoms with E-state index in [1.165, 1.54) is 18.5 Å². The first-order valence-corrected chi connectivity index (χ1v) is 12.0. The third-order valence-electron chi connectivity index (χ3n) is 6.67. The zero-order valence-corrected chi connectivity index (χ0v) is 18.5. The van der Waals surface area contributed by atoms with Crippen LogP contribution >= 0.6 is 0 Å². The summed E-state index contributed by atoms with van der Waals surface area (Å²) < 4.78 is 18.6. The maximum atomic E-state index is 6.64. The molecule has 0 amide bonds. The molecule has 3 fully saturated rings. The minimum atomic E-state index is -0.0969. The van der Waals surface area contributed by atoms with E-state index in [0.717, 1.165) is 77.7 Å². The Morgan fingerprint density at radius 1 is 0.968 bits per heavy atom. The SMILES string of the molecule is C1=C(C(Oc2ccccc2)N2CCNCC2)N(CC2CCCO2)CN1CC1CCCO1. The molecule has 1 aromatic rings. The molecule has 0 spiro atoms. The van der Waals surface area contributed by atoms with E-state index >= 15 is 0 Å². The summed E-state index contributed by atoms with van der Waals surface area (Å²) in [5, 5.41) is 3.47. The molecule has 7 heteroatoms. The molecule has 3 atom stereocenters. The van der Waals surface area contributed by atoms with E-state index < -0.39 is 0 Å². The summed E-state index contributed by atoms with van der Waals surface area (Å²) in [5.74, 6) is 0.918. The normalized spacial score (nSPS) is 28.2. The minimum absolute atomic E-state index is 0.0969. The number of ether oxygens (including phenoxy) is 3. The second-order valence-electron chi connectivity index (χ2n) is 9.03. The number of piperazine rings is 1. The van der Waals surface area contributed by atoms with Crippen molar-refractivity contribution in [3.05, 3.63) is 42.2 Å². The topological polar surface area (TPSA) is 49.4 Å². The molecule has 4 heterocycles. The molecule has 31 heavy (non-hydrogen) atoms. The van der Waals surface area contributed by atoms with Gasteiger partial charge in [-0.1, -0.05) is 18.2 Å². The van der Waals surface area contributed by atoms with Gasteiger partial charge in [0.25, 0.3) is 0 Å². The highest BCUT2D eigenvalue weighted by Gasteiger charge is 2.36. The molecule has 1 aromatic carbocycles. The van der Waals surface area contributed by atoms with E-state index in [1.54, 1.807) is 0 Å². The maximum absolute atomic E-state index is 6.64. The van der Waals surface area contributed by atoms with Gasteiger partial charge in [0.15, 0.2) is 6.23 Å². The van der Waals surface area contributed by atoms with Crippen molar-refractivity contribution in [3.8, 4) is 5.75 Å². The maximum Gasteiger partial charge on any atom is 0.195 e. The summed E-state index contributed by atoms with van der Waals surface area (Å²) in [6.07, 6.45) is 7.53. The lowest BCUT2D eigenvalue weighted by Gasteiger charge is -2.38. The molecule has 0 radical (unpaired) electrons. The van der Waals surface area contributed by atoms with Crippen LogP contribution in [0.2, 0.25) is 0 Å². The highest BCUT2D eigenvalue weighted by atomic mass is 16.5. The zero-order valence-electron chi connectivity index (χ0n) is 18.5. The predicted octanol–water partition coefficient (Wildman–Crippen LogP) is 2.07. The molecule has 0 bridgehead atoms. The van der Waals surface area contributed by atoms with E-state index in [1.807, 2.05) is 18.2 Å². The first-order valence-electron chi connectivity index (χ1n) is 12.0. The van der Waals surface area contributed by atoms with Gasteiger partial charge >= 0.3 is 0 Å². The van der Waals surface area contributed by atoms with Crippen LogP contribution in [0.5, 0.6) is 5.75 Å². The summed E-state index contributed by atoms with van der Waals surface area (Å²) >= 11 is 0. The Labute approximate surface area is 185 Å². The van der Waals surface area contributed by atoms with Gasteiger partial charge in [-0.3, -0.25) is 4.90 Å². The van der Waals surface area contributed by atoms with Crippen molar-refractivity contribution < 1.29 is 14.2 Å². The van der Waals surface area contributed by atoms with E-state index in [0.29, 0.717) is 12.2 Å². The summed E-state index contributed by atoms with van der Waals surface area (Å²) in [5.41, 5.74) is 1.25. The second kappa shape index (κ2) is 10.2. The van der Waals surface area contributed by atoms with Crippen LogP contribution in [0.1, 0.15) is 25.7 Å². The Morgan fingerprint density at radius 2 is 1.68 bits per heavy atom. The summed E-state index contributed by atoms with van der Waals surface area (Å²) in [7, 11) is 0. The fourth-order valence-electron chi connectivity index (χ4n) is 5.05. The Bertz CT molecular complexity index is 713. The number of nitrogens with one attached hydrogen (secondary N) is 1. The van der Waals surface area contributed by atoms with E-state index in [9.17, 15) is 0 Å². The van der Waals surface area contributed by atoms with Crippen LogP contribution in [0.15, 0.2) is 42.2 Å².